The molecule has 0 radical (unpaired) electrons. The van der Waals surface area contributed by atoms with Gasteiger partial charge in [0.05, 0.1) is 12.4 Å². The van der Waals surface area contributed by atoms with Gasteiger partial charge in [0.2, 0.25) is 16.0 Å². The Morgan fingerprint density at radius 1 is 1.26 bits per heavy atom. The molecule has 0 unspecified atom stereocenters. The van der Waals surface area contributed by atoms with Crippen molar-refractivity contribution in [3.63, 3.8) is 0 Å². The highest BCUT2D eigenvalue weighted by Gasteiger charge is 2.30. The molecule has 0 amide bonds. The number of hydrogen-bond acceptors (Lipinski definition) is 5. The zero-order valence-electron chi connectivity index (χ0n) is 10.0. The molecular formula is C9H13F3N4O2S. The van der Waals surface area contributed by atoms with Gasteiger partial charge in [0.1, 0.15) is 11.4 Å². The number of hydrogen-bond donors (Lipinski definition) is 2. The highest BCUT2D eigenvalue weighted by Crippen LogP contribution is 2.14. The summed E-state index contributed by atoms with van der Waals surface area (Å²) in [6.45, 7) is 0.899. The quantitative estimate of drug-likeness (QED) is 0.822. The average Bonchev–Trinajstić information content (AvgIpc) is 2.34. The number of rotatable bonds is 6. The first-order chi connectivity index (χ1) is 8.74. The van der Waals surface area contributed by atoms with Crippen LogP contribution in [0.1, 0.15) is 13.3 Å². The van der Waals surface area contributed by atoms with Gasteiger partial charge in [0.25, 0.3) is 0 Å². The predicted molar refractivity (Wildman–Crippen MR) is 62.1 cm³/mol. The smallest absolute Gasteiger partial charge is 0.354 e. The van der Waals surface area contributed by atoms with Crippen LogP contribution in [0.25, 0.3) is 0 Å². The molecule has 0 aliphatic carbocycles. The molecule has 0 bridgehead atoms. The molecule has 108 valence electrons. The summed E-state index contributed by atoms with van der Waals surface area (Å²) in [6, 6.07) is 0. The second-order valence-corrected chi connectivity index (χ2v) is 5.38. The average molecular weight is 298 g/mol. The molecule has 10 heteroatoms. The maximum Gasteiger partial charge on any atom is 0.402 e. The fourth-order valence-electron chi connectivity index (χ4n) is 1.04. The van der Waals surface area contributed by atoms with E-state index in [9.17, 15) is 21.6 Å². The van der Waals surface area contributed by atoms with Crippen LogP contribution in [0.5, 0.6) is 0 Å². The van der Waals surface area contributed by atoms with Gasteiger partial charge in [0.15, 0.2) is 0 Å². The van der Waals surface area contributed by atoms with Crippen LogP contribution >= 0.6 is 0 Å². The van der Waals surface area contributed by atoms with Gasteiger partial charge in [0, 0.05) is 6.54 Å². The Morgan fingerprint density at radius 2 is 1.84 bits per heavy atom. The van der Waals surface area contributed by atoms with Crippen molar-refractivity contribution >= 4 is 16.0 Å². The number of aromatic nitrogens is 2. The molecule has 0 aliphatic heterocycles. The third-order valence-corrected chi connectivity index (χ3v) is 3.29. The van der Waals surface area contributed by atoms with Gasteiger partial charge in [-0.25, -0.2) is 23.1 Å². The minimum absolute atomic E-state index is 0.219. The van der Waals surface area contributed by atoms with Crippen molar-refractivity contribution in [2.45, 2.75) is 24.4 Å². The van der Waals surface area contributed by atoms with Crippen LogP contribution in [0.3, 0.4) is 0 Å². The third-order valence-electron chi connectivity index (χ3n) is 1.93. The van der Waals surface area contributed by atoms with Crippen molar-refractivity contribution < 1.29 is 21.6 Å². The van der Waals surface area contributed by atoms with Crippen LogP contribution in [0.4, 0.5) is 19.1 Å². The molecule has 0 aromatic carbocycles. The molecule has 0 fully saturated rings. The van der Waals surface area contributed by atoms with Crippen LogP contribution in [-0.2, 0) is 10.0 Å². The van der Waals surface area contributed by atoms with E-state index in [0.717, 1.165) is 18.8 Å². The summed E-state index contributed by atoms with van der Waals surface area (Å²) in [5, 5.41) is 2.81. The van der Waals surface area contributed by atoms with Crippen molar-refractivity contribution in [1.82, 2.24) is 14.7 Å². The van der Waals surface area contributed by atoms with Gasteiger partial charge in [-0.1, -0.05) is 6.92 Å². The van der Waals surface area contributed by atoms with Crippen LogP contribution in [0.15, 0.2) is 17.3 Å². The number of anilines is 1. The van der Waals surface area contributed by atoms with Crippen molar-refractivity contribution in [1.29, 1.82) is 0 Å². The van der Waals surface area contributed by atoms with Crippen LogP contribution < -0.4 is 10.0 Å². The van der Waals surface area contributed by atoms with Gasteiger partial charge in [-0.05, 0) is 6.42 Å². The molecule has 1 heterocycles. The molecule has 0 spiro atoms. The zero-order chi connectivity index (χ0) is 14.5. The maximum atomic E-state index is 11.9. The molecule has 0 aliphatic rings. The summed E-state index contributed by atoms with van der Waals surface area (Å²) in [7, 11) is -4.25. The van der Waals surface area contributed by atoms with E-state index in [-0.39, 0.29) is 5.95 Å². The lowest BCUT2D eigenvalue weighted by Crippen LogP contribution is -2.33. The van der Waals surface area contributed by atoms with Crippen molar-refractivity contribution in [2.24, 2.45) is 0 Å². The van der Waals surface area contributed by atoms with E-state index in [1.165, 1.54) is 4.72 Å². The van der Waals surface area contributed by atoms with E-state index in [0.29, 0.717) is 6.54 Å². The molecule has 1 aromatic heterocycles. The number of alkyl halides is 3. The third kappa shape index (κ3) is 5.39. The van der Waals surface area contributed by atoms with Crippen LogP contribution in [0.2, 0.25) is 0 Å². The predicted octanol–water partition coefficient (Wildman–Crippen LogP) is 1.14. The minimum atomic E-state index is -4.61. The second-order valence-electron chi connectivity index (χ2n) is 3.61. The Hall–Kier alpha value is -1.42. The van der Waals surface area contributed by atoms with E-state index in [2.05, 4.69) is 15.3 Å². The standard InChI is InChI=1S/C9H13F3N4O2S/c1-2-3-13-8-14-4-7(5-15-8)19(17,18)16-6-9(10,11)12/h4-5,16H,2-3,6H2,1H3,(H,13,14,15). The molecule has 6 nitrogen and oxygen atoms in total. The Balaban J connectivity index is 2.73. The van der Waals surface area contributed by atoms with Gasteiger partial charge < -0.3 is 5.32 Å². The van der Waals surface area contributed by atoms with Crippen molar-refractivity contribution in [2.75, 3.05) is 18.4 Å². The molecular weight excluding hydrogens is 285 g/mol. The minimum Gasteiger partial charge on any atom is -0.354 e. The first kappa shape index (κ1) is 15.6. The Kier molecular flexibility index (Phi) is 5.06. The lowest BCUT2D eigenvalue weighted by molar-refractivity contribution is -0.121. The highest BCUT2D eigenvalue weighted by atomic mass is 32.2. The lowest BCUT2D eigenvalue weighted by atomic mass is 10.5. The van der Waals surface area contributed by atoms with E-state index in [1.54, 1.807) is 0 Å². The number of nitrogens with zero attached hydrogens (tertiary/aromatic N) is 2. The first-order valence-electron chi connectivity index (χ1n) is 5.37. The summed E-state index contributed by atoms with van der Waals surface area (Å²) in [6.07, 6.45) is -1.89. The summed E-state index contributed by atoms with van der Waals surface area (Å²) in [5.41, 5.74) is 0. The van der Waals surface area contributed by atoms with Crippen molar-refractivity contribution in [3.05, 3.63) is 12.4 Å². The summed E-state index contributed by atoms with van der Waals surface area (Å²) >= 11 is 0. The lowest BCUT2D eigenvalue weighted by Gasteiger charge is -2.09. The van der Waals surface area contributed by atoms with Crippen LogP contribution in [0, 0.1) is 0 Å². The molecule has 0 saturated heterocycles. The molecule has 19 heavy (non-hydrogen) atoms. The second kappa shape index (κ2) is 6.15. The fourth-order valence-corrected chi connectivity index (χ4v) is 1.95. The SMILES string of the molecule is CCCNc1ncc(S(=O)(=O)NCC(F)(F)F)cn1. The van der Waals surface area contributed by atoms with Gasteiger partial charge >= 0.3 is 6.18 Å². The van der Waals surface area contributed by atoms with E-state index < -0.39 is 27.6 Å². The van der Waals surface area contributed by atoms with E-state index in [4.69, 9.17) is 0 Å². The Morgan fingerprint density at radius 3 is 2.32 bits per heavy atom. The van der Waals surface area contributed by atoms with Crippen molar-refractivity contribution in [3.8, 4) is 0 Å². The summed E-state index contributed by atoms with van der Waals surface area (Å²) < 4.78 is 60.2. The van der Waals surface area contributed by atoms with Gasteiger partial charge in [-0.2, -0.15) is 13.2 Å². The number of halogens is 3. The number of sulfonamides is 1. The summed E-state index contributed by atoms with van der Waals surface area (Å²) in [4.78, 5) is 6.99. The monoisotopic (exact) mass is 298 g/mol. The zero-order valence-corrected chi connectivity index (χ0v) is 10.8. The maximum absolute atomic E-state index is 11.9. The molecule has 1 rings (SSSR count). The normalized spacial score (nSPS) is 12.4. The molecule has 1 aromatic rings. The first-order valence-corrected chi connectivity index (χ1v) is 6.85. The van der Waals surface area contributed by atoms with Gasteiger partial charge in [-0.15, -0.1) is 0 Å². The van der Waals surface area contributed by atoms with E-state index in [1.807, 2.05) is 6.92 Å². The topological polar surface area (TPSA) is 84.0 Å². The largest absolute Gasteiger partial charge is 0.402 e. The molecule has 2 N–H and O–H groups in total. The number of nitrogens with one attached hydrogen (secondary N) is 2. The van der Waals surface area contributed by atoms with Gasteiger partial charge in [-0.3, -0.25) is 0 Å². The van der Waals surface area contributed by atoms with Crippen LogP contribution in [-0.4, -0.2) is 37.7 Å². The Bertz CT molecular complexity index is 501. The molecule has 0 saturated carbocycles. The Labute approximate surface area is 108 Å². The molecule has 0 atom stereocenters. The van der Waals surface area contributed by atoms with E-state index >= 15 is 0 Å². The highest BCUT2D eigenvalue weighted by molar-refractivity contribution is 7.89. The summed E-state index contributed by atoms with van der Waals surface area (Å²) in [5.74, 6) is 0.219. The fraction of sp³-hybridized carbons (Fsp3) is 0.556.